The van der Waals surface area contributed by atoms with Gasteiger partial charge in [0.25, 0.3) is 5.56 Å². The summed E-state index contributed by atoms with van der Waals surface area (Å²) in [6.07, 6.45) is 2.98. The molecule has 2 aromatic rings. The van der Waals surface area contributed by atoms with Crippen LogP contribution >= 0.6 is 0 Å². The molecule has 0 aliphatic rings. The first-order valence-electron chi connectivity index (χ1n) is 4.99. The minimum absolute atomic E-state index is 0.0112. The Kier molecular flexibility index (Phi) is 2.47. The zero-order valence-electron chi connectivity index (χ0n) is 9.34. The van der Waals surface area contributed by atoms with Crippen LogP contribution in [0.2, 0.25) is 0 Å². The summed E-state index contributed by atoms with van der Waals surface area (Å²) < 4.78 is 1.53. The number of aromatic nitrogens is 4. The van der Waals surface area contributed by atoms with Crippen LogP contribution in [0, 0.1) is 0 Å². The molecule has 0 bridgehead atoms. The van der Waals surface area contributed by atoms with E-state index in [1.54, 1.807) is 13.0 Å². The second-order valence-electron chi connectivity index (χ2n) is 3.96. The van der Waals surface area contributed by atoms with Gasteiger partial charge in [-0.05, 0) is 6.92 Å². The standard InChI is InChI=1S/C10H13N5O2/c1-3-10(2,4-16)15-5-12-7-6(15)8(17)14-9(11)13-7/h3,5,16H,1,4H2,2H3,(H3,11,13,14,17). The van der Waals surface area contributed by atoms with Crippen LogP contribution < -0.4 is 11.3 Å². The van der Waals surface area contributed by atoms with E-state index in [4.69, 9.17) is 5.73 Å². The minimum atomic E-state index is -0.806. The molecular weight excluding hydrogens is 222 g/mol. The van der Waals surface area contributed by atoms with Crippen LogP contribution in [0.15, 0.2) is 23.8 Å². The number of imidazole rings is 1. The summed E-state index contributed by atoms with van der Waals surface area (Å²) in [6, 6.07) is 0. The predicted molar refractivity (Wildman–Crippen MR) is 63.5 cm³/mol. The summed E-state index contributed by atoms with van der Waals surface area (Å²) >= 11 is 0. The van der Waals surface area contributed by atoms with Crippen molar-refractivity contribution >= 4 is 17.1 Å². The predicted octanol–water partition coefficient (Wildman–Crippen LogP) is -0.405. The highest BCUT2D eigenvalue weighted by Gasteiger charge is 2.25. The van der Waals surface area contributed by atoms with E-state index in [1.807, 2.05) is 0 Å². The van der Waals surface area contributed by atoms with E-state index in [0.29, 0.717) is 0 Å². The van der Waals surface area contributed by atoms with Crippen LogP contribution in [0.3, 0.4) is 0 Å². The lowest BCUT2D eigenvalue weighted by atomic mass is 10.0. The van der Waals surface area contributed by atoms with Crippen molar-refractivity contribution in [3.05, 3.63) is 29.3 Å². The molecule has 0 radical (unpaired) electrons. The Morgan fingerprint density at radius 2 is 2.47 bits per heavy atom. The second kappa shape index (κ2) is 3.70. The van der Waals surface area contributed by atoms with Crippen LogP contribution in [0.5, 0.6) is 0 Å². The Hall–Kier alpha value is -2.15. The lowest BCUT2D eigenvalue weighted by Crippen LogP contribution is -2.33. The Labute approximate surface area is 96.6 Å². The number of aliphatic hydroxyl groups is 1. The van der Waals surface area contributed by atoms with Crippen molar-refractivity contribution in [3.63, 3.8) is 0 Å². The number of anilines is 1. The van der Waals surface area contributed by atoms with Crippen LogP contribution in [0.25, 0.3) is 11.2 Å². The average molecular weight is 235 g/mol. The molecule has 0 aromatic carbocycles. The van der Waals surface area contributed by atoms with E-state index in [9.17, 15) is 9.90 Å². The molecule has 0 amide bonds. The van der Waals surface area contributed by atoms with E-state index in [-0.39, 0.29) is 23.7 Å². The largest absolute Gasteiger partial charge is 0.394 e. The van der Waals surface area contributed by atoms with Gasteiger partial charge in [-0.25, -0.2) is 4.98 Å². The molecule has 0 aliphatic carbocycles. The third-order valence-electron chi connectivity index (χ3n) is 2.74. The van der Waals surface area contributed by atoms with Crippen molar-refractivity contribution in [1.29, 1.82) is 0 Å². The number of aromatic amines is 1. The molecule has 7 nitrogen and oxygen atoms in total. The van der Waals surface area contributed by atoms with Crippen molar-refractivity contribution in [2.24, 2.45) is 0 Å². The number of rotatable bonds is 3. The molecule has 90 valence electrons. The molecule has 0 spiro atoms. The number of H-pyrrole nitrogens is 1. The van der Waals surface area contributed by atoms with Gasteiger partial charge in [0.15, 0.2) is 11.2 Å². The first kappa shape index (κ1) is 11.3. The first-order valence-corrected chi connectivity index (χ1v) is 4.99. The van der Waals surface area contributed by atoms with Crippen LogP contribution in [0.1, 0.15) is 6.92 Å². The number of fused-ring (bicyclic) bond motifs is 1. The maximum atomic E-state index is 11.8. The van der Waals surface area contributed by atoms with Gasteiger partial charge >= 0.3 is 0 Å². The summed E-state index contributed by atoms with van der Waals surface area (Å²) in [4.78, 5) is 22.1. The van der Waals surface area contributed by atoms with Crippen molar-refractivity contribution in [3.8, 4) is 0 Å². The van der Waals surface area contributed by atoms with Crippen molar-refractivity contribution in [1.82, 2.24) is 19.5 Å². The van der Waals surface area contributed by atoms with Gasteiger partial charge in [0.1, 0.15) is 0 Å². The molecule has 0 aliphatic heterocycles. The monoisotopic (exact) mass is 235 g/mol. The summed E-state index contributed by atoms with van der Waals surface area (Å²) in [5.74, 6) is 0.0112. The van der Waals surface area contributed by atoms with Gasteiger partial charge in [-0.3, -0.25) is 9.78 Å². The highest BCUT2D eigenvalue weighted by Crippen LogP contribution is 2.20. The van der Waals surface area contributed by atoms with Gasteiger partial charge in [0, 0.05) is 0 Å². The molecule has 0 saturated heterocycles. The van der Waals surface area contributed by atoms with Crippen LogP contribution in [-0.4, -0.2) is 31.2 Å². The van der Waals surface area contributed by atoms with Crippen molar-refractivity contribution in [2.45, 2.75) is 12.5 Å². The highest BCUT2D eigenvalue weighted by atomic mass is 16.3. The third-order valence-corrected chi connectivity index (χ3v) is 2.74. The maximum Gasteiger partial charge on any atom is 0.278 e. The van der Waals surface area contributed by atoms with E-state index >= 15 is 0 Å². The van der Waals surface area contributed by atoms with Crippen molar-refractivity contribution in [2.75, 3.05) is 12.3 Å². The third kappa shape index (κ3) is 1.60. The smallest absolute Gasteiger partial charge is 0.278 e. The molecule has 4 N–H and O–H groups in total. The summed E-state index contributed by atoms with van der Waals surface area (Å²) in [5.41, 5.74) is 4.72. The molecule has 1 atom stereocenters. The number of hydrogen-bond acceptors (Lipinski definition) is 5. The maximum absolute atomic E-state index is 11.8. The summed E-state index contributed by atoms with van der Waals surface area (Å²) in [6.45, 7) is 5.18. The van der Waals surface area contributed by atoms with Crippen LogP contribution in [-0.2, 0) is 5.54 Å². The van der Waals surface area contributed by atoms with Gasteiger partial charge in [-0.2, -0.15) is 4.98 Å². The Morgan fingerprint density at radius 1 is 1.76 bits per heavy atom. The minimum Gasteiger partial charge on any atom is -0.394 e. The van der Waals surface area contributed by atoms with Gasteiger partial charge in [0.2, 0.25) is 5.95 Å². The SMILES string of the molecule is C=CC(C)(CO)n1cnc2nc(N)[nH]c(=O)c21. The highest BCUT2D eigenvalue weighted by molar-refractivity contribution is 5.71. The zero-order chi connectivity index (χ0) is 12.6. The zero-order valence-corrected chi connectivity index (χ0v) is 9.34. The topological polar surface area (TPSA) is 110 Å². The number of hydrogen-bond donors (Lipinski definition) is 3. The fourth-order valence-corrected chi connectivity index (χ4v) is 1.58. The molecule has 2 heterocycles. The number of nitrogen functional groups attached to an aromatic ring is 1. The average Bonchev–Trinajstić information content (AvgIpc) is 2.72. The first-order chi connectivity index (χ1) is 8.01. The van der Waals surface area contributed by atoms with Gasteiger partial charge in [0.05, 0.1) is 18.5 Å². The van der Waals surface area contributed by atoms with Gasteiger partial charge in [-0.15, -0.1) is 6.58 Å². The second-order valence-corrected chi connectivity index (χ2v) is 3.96. The summed E-state index contributed by atoms with van der Waals surface area (Å²) in [7, 11) is 0. The Balaban J connectivity index is 2.81. The van der Waals surface area contributed by atoms with E-state index in [0.717, 1.165) is 0 Å². The Bertz CT molecular complexity index is 629. The molecule has 17 heavy (non-hydrogen) atoms. The molecule has 0 fully saturated rings. The van der Waals surface area contributed by atoms with Gasteiger partial charge in [-0.1, -0.05) is 6.08 Å². The van der Waals surface area contributed by atoms with Gasteiger partial charge < -0.3 is 15.4 Å². The molecule has 1 unspecified atom stereocenters. The fraction of sp³-hybridized carbons (Fsp3) is 0.300. The Morgan fingerprint density at radius 3 is 3.06 bits per heavy atom. The van der Waals surface area contributed by atoms with Crippen molar-refractivity contribution < 1.29 is 5.11 Å². The molecule has 2 aromatic heterocycles. The number of nitrogens with one attached hydrogen (secondary N) is 1. The lowest BCUT2D eigenvalue weighted by molar-refractivity contribution is 0.191. The quantitative estimate of drug-likeness (QED) is 0.627. The number of aliphatic hydroxyl groups excluding tert-OH is 1. The molecule has 7 heteroatoms. The van der Waals surface area contributed by atoms with Crippen LogP contribution in [0.4, 0.5) is 5.95 Å². The van der Waals surface area contributed by atoms with E-state index < -0.39 is 11.1 Å². The van der Waals surface area contributed by atoms with E-state index in [1.165, 1.54) is 10.9 Å². The number of nitrogens with zero attached hydrogens (tertiary/aromatic N) is 3. The fourth-order valence-electron chi connectivity index (χ4n) is 1.58. The summed E-state index contributed by atoms with van der Waals surface area (Å²) in [5, 5.41) is 9.38. The molecular formula is C10H13N5O2. The normalized spacial score (nSPS) is 14.7. The van der Waals surface area contributed by atoms with E-state index in [2.05, 4.69) is 21.5 Å². The number of nitrogens with two attached hydrogens (primary N) is 1. The lowest BCUT2D eigenvalue weighted by Gasteiger charge is -2.25. The molecule has 0 saturated carbocycles. The molecule has 2 rings (SSSR count).